The molecule has 0 saturated heterocycles. The van der Waals surface area contributed by atoms with Gasteiger partial charge in [-0.05, 0) is 24.9 Å². The van der Waals surface area contributed by atoms with Crippen molar-refractivity contribution in [2.45, 2.75) is 32.1 Å². The lowest BCUT2D eigenvalue weighted by Gasteiger charge is -1.94. The van der Waals surface area contributed by atoms with E-state index < -0.39 is 0 Å². The first-order chi connectivity index (χ1) is 7.72. The molecule has 0 spiro atoms. The first kappa shape index (κ1) is 11.5. The van der Waals surface area contributed by atoms with Crippen LogP contribution in [-0.4, -0.2) is 19.8 Å². The molecule has 0 amide bonds. The van der Waals surface area contributed by atoms with E-state index in [-0.39, 0.29) is 5.38 Å². The number of aromatic nitrogens is 4. The minimum Gasteiger partial charge on any atom is -0.418 e. The van der Waals surface area contributed by atoms with Crippen molar-refractivity contribution >= 4 is 23.1 Å². The summed E-state index contributed by atoms with van der Waals surface area (Å²) in [5.41, 5.74) is 0.907. The Morgan fingerprint density at radius 1 is 1.38 bits per heavy atom. The lowest BCUT2D eigenvalue weighted by molar-refractivity contribution is 0.507. The quantitative estimate of drug-likeness (QED) is 0.789. The van der Waals surface area contributed by atoms with Crippen molar-refractivity contribution in [3.8, 4) is 10.8 Å². The molecule has 2 rings (SSSR count). The first-order valence-corrected chi connectivity index (χ1v) is 6.22. The zero-order chi connectivity index (χ0) is 11.5. The van der Waals surface area contributed by atoms with Gasteiger partial charge >= 0.3 is 0 Å². The van der Waals surface area contributed by atoms with Crippen LogP contribution in [0.3, 0.4) is 0 Å². The Morgan fingerprint density at radius 2 is 2.19 bits per heavy atom. The molecule has 0 aliphatic carbocycles. The van der Waals surface area contributed by atoms with Gasteiger partial charge in [0.15, 0.2) is 0 Å². The Kier molecular flexibility index (Phi) is 3.50. The van der Waals surface area contributed by atoms with E-state index in [1.54, 1.807) is 6.92 Å². The van der Waals surface area contributed by atoms with Crippen LogP contribution in [0.1, 0.15) is 37.2 Å². The number of rotatable bonds is 4. The Labute approximate surface area is 102 Å². The summed E-state index contributed by atoms with van der Waals surface area (Å²) in [4.78, 5) is 0.845. The molecule has 2 aromatic heterocycles. The van der Waals surface area contributed by atoms with Gasteiger partial charge in [-0.15, -0.1) is 26.9 Å². The number of nitrogens with zero attached hydrogens (tertiary/aromatic N) is 4. The summed E-state index contributed by atoms with van der Waals surface area (Å²) < 4.78 is 9.35. The van der Waals surface area contributed by atoms with E-state index in [1.807, 2.05) is 0 Å². The Balaban J connectivity index is 2.31. The van der Waals surface area contributed by atoms with E-state index in [4.69, 9.17) is 16.0 Å². The van der Waals surface area contributed by atoms with E-state index in [0.717, 1.165) is 23.4 Å². The maximum Gasteiger partial charge on any atom is 0.261 e. The molecule has 0 radical (unpaired) electrons. The van der Waals surface area contributed by atoms with Crippen molar-refractivity contribution in [1.29, 1.82) is 0 Å². The van der Waals surface area contributed by atoms with Crippen LogP contribution < -0.4 is 0 Å². The van der Waals surface area contributed by atoms with Gasteiger partial charge < -0.3 is 4.42 Å². The zero-order valence-corrected chi connectivity index (χ0v) is 10.5. The van der Waals surface area contributed by atoms with Crippen molar-refractivity contribution in [3.63, 3.8) is 0 Å². The normalized spacial score (nSPS) is 12.9. The first-order valence-electron chi connectivity index (χ1n) is 5.01. The van der Waals surface area contributed by atoms with E-state index in [0.29, 0.717) is 11.8 Å². The maximum absolute atomic E-state index is 5.85. The molecular formula is C9H11ClN4OS. The summed E-state index contributed by atoms with van der Waals surface area (Å²) in [6.07, 6.45) is 1.87. The van der Waals surface area contributed by atoms with Crippen LogP contribution >= 0.6 is 23.1 Å². The molecule has 0 aromatic carbocycles. The van der Waals surface area contributed by atoms with Crippen LogP contribution in [0.5, 0.6) is 0 Å². The second-order valence-corrected chi connectivity index (χ2v) is 4.77. The highest BCUT2D eigenvalue weighted by Gasteiger charge is 2.18. The summed E-state index contributed by atoms with van der Waals surface area (Å²) in [6, 6.07) is 0. The van der Waals surface area contributed by atoms with Gasteiger partial charge in [0.1, 0.15) is 10.3 Å². The van der Waals surface area contributed by atoms with Crippen molar-refractivity contribution in [3.05, 3.63) is 11.6 Å². The predicted molar refractivity (Wildman–Crippen MR) is 61.5 cm³/mol. The van der Waals surface area contributed by atoms with Gasteiger partial charge in [-0.1, -0.05) is 17.8 Å². The fraction of sp³-hybridized carbons (Fsp3) is 0.556. The van der Waals surface area contributed by atoms with Crippen molar-refractivity contribution in [2.24, 2.45) is 0 Å². The van der Waals surface area contributed by atoms with Gasteiger partial charge in [0.25, 0.3) is 5.89 Å². The number of alkyl halides is 1. The average Bonchev–Trinajstić information content (AvgIpc) is 2.84. The molecule has 1 atom stereocenters. The molecule has 2 aromatic rings. The molecule has 16 heavy (non-hydrogen) atoms. The molecule has 0 fully saturated rings. The largest absolute Gasteiger partial charge is 0.418 e. The van der Waals surface area contributed by atoms with Crippen molar-refractivity contribution < 1.29 is 4.42 Å². The molecule has 0 saturated carbocycles. The number of halogens is 1. The Morgan fingerprint density at radius 3 is 2.81 bits per heavy atom. The molecule has 2 heterocycles. The van der Waals surface area contributed by atoms with E-state index in [1.165, 1.54) is 11.5 Å². The number of hydrogen-bond donors (Lipinski definition) is 0. The van der Waals surface area contributed by atoms with Gasteiger partial charge in [0, 0.05) is 0 Å². The highest BCUT2D eigenvalue weighted by atomic mass is 35.5. The number of hydrogen-bond acceptors (Lipinski definition) is 6. The standard InChI is InChI=1S/C9H11ClN4OS/c1-3-4-6-7(16-14-11-6)9-13-12-8(15-9)5(2)10/h5H,3-4H2,1-2H3. The second kappa shape index (κ2) is 4.88. The van der Waals surface area contributed by atoms with Crippen molar-refractivity contribution in [2.75, 3.05) is 0 Å². The summed E-state index contributed by atoms with van der Waals surface area (Å²) in [7, 11) is 0. The summed E-state index contributed by atoms with van der Waals surface area (Å²) in [5.74, 6) is 0.883. The highest BCUT2D eigenvalue weighted by Crippen LogP contribution is 2.28. The zero-order valence-electron chi connectivity index (χ0n) is 8.97. The third-order valence-corrected chi connectivity index (χ3v) is 2.96. The Bertz CT molecular complexity index is 468. The van der Waals surface area contributed by atoms with Crippen LogP contribution in [-0.2, 0) is 6.42 Å². The van der Waals surface area contributed by atoms with Gasteiger partial charge in [0.05, 0.1) is 5.69 Å². The molecule has 5 nitrogen and oxygen atoms in total. The fourth-order valence-electron chi connectivity index (χ4n) is 1.26. The van der Waals surface area contributed by atoms with Crippen LogP contribution in [0.4, 0.5) is 0 Å². The van der Waals surface area contributed by atoms with Crippen LogP contribution in [0, 0.1) is 0 Å². The van der Waals surface area contributed by atoms with E-state index in [9.17, 15) is 0 Å². The lowest BCUT2D eigenvalue weighted by atomic mass is 10.2. The predicted octanol–water partition coefficient (Wildman–Crippen LogP) is 2.84. The van der Waals surface area contributed by atoms with E-state index >= 15 is 0 Å². The molecular weight excluding hydrogens is 248 g/mol. The smallest absolute Gasteiger partial charge is 0.261 e. The van der Waals surface area contributed by atoms with Crippen LogP contribution in [0.15, 0.2) is 4.42 Å². The molecule has 86 valence electrons. The summed E-state index contributed by atoms with van der Waals surface area (Å²) in [6.45, 7) is 3.87. The third kappa shape index (κ3) is 2.22. The SMILES string of the molecule is CCCc1nnsc1-c1nnc(C(C)Cl)o1. The second-order valence-electron chi connectivity index (χ2n) is 3.36. The fourth-order valence-corrected chi connectivity index (χ4v) is 1.98. The molecule has 7 heteroatoms. The van der Waals surface area contributed by atoms with E-state index in [2.05, 4.69) is 26.7 Å². The minimum absolute atomic E-state index is 0.281. The lowest BCUT2D eigenvalue weighted by Crippen LogP contribution is -1.87. The van der Waals surface area contributed by atoms with Gasteiger partial charge in [-0.2, -0.15) is 0 Å². The summed E-state index contributed by atoms with van der Waals surface area (Å²) in [5, 5.41) is 11.6. The molecule has 1 unspecified atom stereocenters. The van der Waals surface area contributed by atoms with Crippen molar-refractivity contribution in [1.82, 2.24) is 19.8 Å². The molecule has 0 bridgehead atoms. The van der Waals surface area contributed by atoms with Crippen LogP contribution in [0.2, 0.25) is 0 Å². The third-order valence-electron chi connectivity index (χ3n) is 2.02. The maximum atomic E-state index is 5.85. The van der Waals surface area contributed by atoms with Gasteiger partial charge in [-0.3, -0.25) is 0 Å². The summed E-state index contributed by atoms with van der Waals surface area (Å²) >= 11 is 7.12. The molecule has 0 aliphatic heterocycles. The van der Waals surface area contributed by atoms with Crippen LogP contribution in [0.25, 0.3) is 10.8 Å². The molecule has 0 N–H and O–H groups in total. The number of aryl methyl sites for hydroxylation is 1. The monoisotopic (exact) mass is 258 g/mol. The molecule has 0 aliphatic rings. The highest BCUT2D eigenvalue weighted by molar-refractivity contribution is 7.09. The van der Waals surface area contributed by atoms with Gasteiger partial charge in [-0.25, -0.2) is 0 Å². The minimum atomic E-state index is -0.281. The topological polar surface area (TPSA) is 64.7 Å². The average molecular weight is 259 g/mol. The van der Waals surface area contributed by atoms with Gasteiger partial charge in [0.2, 0.25) is 5.89 Å². The Hall–Kier alpha value is -1.01.